The highest BCUT2D eigenvalue weighted by atomic mass is 16.4. The zero-order valence-electron chi connectivity index (χ0n) is 12.1. The van der Waals surface area contributed by atoms with Crippen molar-refractivity contribution in [2.45, 2.75) is 25.7 Å². The number of nitrogens with zero attached hydrogens (tertiary/aromatic N) is 1. The van der Waals surface area contributed by atoms with Crippen LogP contribution in [-0.4, -0.2) is 29.4 Å². The number of rotatable bonds is 4. The van der Waals surface area contributed by atoms with E-state index in [2.05, 4.69) is 5.32 Å². The van der Waals surface area contributed by atoms with Gasteiger partial charge >= 0.3 is 5.97 Å². The molecule has 0 radical (unpaired) electrons. The molecule has 0 aromatic heterocycles. The Morgan fingerprint density at radius 2 is 2.00 bits per heavy atom. The van der Waals surface area contributed by atoms with Gasteiger partial charge in [-0.25, -0.2) is 0 Å². The summed E-state index contributed by atoms with van der Waals surface area (Å²) in [4.78, 5) is 36.4. The van der Waals surface area contributed by atoms with Crippen LogP contribution in [0.1, 0.15) is 25.7 Å². The predicted molar refractivity (Wildman–Crippen MR) is 80.5 cm³/mol. The fourth-order valence-corrected chi connectivity index (χ4v) is 2.79. The maximum Gasteiger partial charge on any atom is 0.308 e. The number of anilines is 2. The molecule has 1 aromatic carbocycles. The molecule has 1 unspecified atom stereocenters. The van der Waals surface area contributed by atoms with Crippen LogP contribution in [0.5, 0.6) is 0 Å². The summed E-state index contributed by atoms with van der Waals surface area (Å²) in [5.74, 6) is -1.71. The van der Waals surface area contributed by atoms with Gasteiger partial charge in [-0.05, 0) is 31.0 Å². The first-order valence-corrected chi connectivity index (χ1v) is 7.48. The van der Waals surface area contributed by atoms with Gasteiger partial charge in [-0.15, -0.1) is 0 Å². The Bertz CT molecular complexity index is 624. The van der Waals surface area contributed by atoms with Gasteiger partial charge in [0.15, 0.2) is 0 Å². The number of aliphatic carboxylic acids is 1. The lowest BCUT2D eigenvalue weighted by atomic mass is 9.85. The molecule has 2 N–H and O–H groups in total. The minimum atomic E-state index is -0.953. The first kappa shape index (κ1) is 14.6. The molecule has 2 amide bonds. The van der Waals surface area contributed by atoms with Crippen LogP contribution in [0.4, 0.5) is 11.4 Å². The summed E-state index contributed by atoms with van der Waals surface area (Å²) >= 11 is 0. The van der Waals surface area contributed by atoms with Crippen LogP contribution in [0.2, 0.25) is 0 Å². The molecule has 0 spiro atoms. The molecule has 6 heteroatoms. The summed E-state index contributed by atoms with van der Waals surface area (Å²) in [5.41, 5.74) is 1.26. The molecule has 116 valence electrons. The number of carbonyl (C=O) groups excluding carboxylic acids is 2. The monoisotopic (exact) mass is 302 g/mol. The van der Waals surface area contributed by atoms with Gasteiger partial charge in [-0.2, -0.15) is 0 Å². The van der Waals surface area contributed by atoms with E-state index in [1.54, 1.807) is 24.3 Å². The maximum atomic E-state index is 12.0. The minimum absolute atomic E-state index is 0.0135. The quantitative estimate of drug-likeness (QED) is 0.889. The number of hydrogen-bond donors (Lipinski definition) is 2. The summed E-state index contributed by atoms with van der Waals surface area (Å²) in [6, 6.07) is 7.00. The summed E-state index contributed by atoms with van der Waals surface area (Å²) in [6.45, 7) is 0.175. The number of hydrogen-bond acceptors (Lipinski definition) is 3. The second-order valence-corrected chi connectivity index (χ2v) is 5.91. The van der Waals surface area contributed by atoms with E-state index in [0.29, 0.717) is 11.4 Å². The van der Waals surface area contributed by atoms with E-state index >= 15 is 0 Å². The molecule has 2 fully saturated rings. The number of carboxylic acid groups (broad SMARTS) is 1. The highest BCUT2D eigenvalue weighted by Crippen LogP contribution is 2.30. The Hall–Kier alpha value is -2.37. The third kappa shape index (κ3) is 2.81. The molecular weight excluding hydrogens is 284 g/mol. The molecule has 1 aliphatic heterocycles. The summed E-state index contributed by atoms with van der Waals surface area (Å²) in [6.07, 6.45) is 2.97. The molecule has 1 heterocycles. The Morgan fingerprint density at radius 3 is 2.59 bits per heavy atom. The Balaban J connectivity index is 1.72. The Labute approximate surface area is 128 Å². The van der Waals surface area contributed by atoms with Crippen LogP contribution < -0.4 is 10.2 Å². The summed E-state index contributed by atoms with van der Waals surface area (Å²) in [7, 11) is 0. The van der Waals surface area contributed by atoms with E-state index in [1.165, 1.54) is 4.90 Å². The SMILES string of the molecule is O=C(O)C1CC(=O)N(c2cccc(NC(=O)C3CCC3)c2)C1. The van der Waals surface area contributed by atoms with Crippen LogP contribution in [-0.2, 0) is 14.4 Å². The van der Waals surface area contributed by atoms with Crippen molar-refractivity contribution in [3.05, 3.63) is 24.3 Å². The van der Waals surface area contributed by atoms with Gasteiger partial charge in [0, 0.05) is 30.3 Å². The smallest absolute Gasteiger partial charge is 0.308 e. The van der Waals surface area contributed by atoms with Crippen LogP contribution in [0, 0.1) is 11.8 Å². The highest BCUT2D eigenvalue weighted by molar-refractivity contribution is 6.00. The molecule has 2 aliphatic rings. The third-order valence-electron chi connectivity index (χ3n) is 4.38. The summed E-state index contributed by atoms with van der Waals surface area (Å²) < 4.78 is 0. The van der Waals surface area contributed by atoms with E-state index in [-0.39, 0.29) is 30.7 Å². The van der Waals surface area contributed by atoms with Crippen LogP contribution in [0.3, 0.4) is 0 Å². The Kier molecular flexibility index (Phi) is 3.83. The molecule has 22 heavy (non-hydrogen) atoms. The minimum Gasteiger partial charge on any atom is -0.481 e. The highest BCUT2D eigenvalue weighted by Gasteiger charge is 2.35. The topological polar surface area (TPSA) is 86.7 Å². The van der Waals surface area contributed by atoms with Gasteiger partial charge < -0.3 is 15.3 Å². The second-order valence-electron chi connectivity index (χ2n) is 5.91. The van der Waals surface area contributed by atoms with Crippen molar-refractivity contribution in [2.75, 3.05) is 16.8 Å². The zero-order valence-corrected chi connectivity index (χ0v) is 12.1. The van der Waals surface area contributed by atoms with Gasteiger partial charge in [-0.3, -0.25) is 14.4 Å². The molecule has 1 saturated heterocycles. The number of benzene rings is 1. The fraction of sp³-hybridized carbons (Fsp3) is 0.438. The normalized spacial score (nSPS) is 21.5. The summed E-state index contributed by atoms with van der Waals surface area (Å²) in [5, 5.41) is 11.9. The molecule has 1 aliphatic carbocycles. The lowest BCUT2D eigenvalue weighted by Crippen LogP contribution is -2.28. The largest absolute Gasteiger partial charge is 0.481 e. The van der Waals surface area contributed by atoms with Crippen LogP contribution in [0.25, 0.3) is 0 Å². The van der Waals surface area contributed by atoms with Crippen LogP contribution >= 0.6 is 0 Å². The van der Waals surface area contributed by atoms with Gasteiger partial charge in [-0.1, -0.05) is 12.5 Å². The first-order chi connectivity index (χ1) is 10.5. The average Bonchev–Trinajstić information content (AvgIpc) is 2.79. The van der Waals surface area contributed by atoms with Crippen molar-refractivity contribution in [1.29, 1.82) is 0 Å². The van der Waals surface area contributed by atoms with Gasteiger partial charge in [0.05, 0.1) is 5.92 Å². The molecule has 1 aromatic rings. The van der Waals surface area contributed by atoms with E-state index < -0.39 is 11.9 Å². The standard InChI is InChI=1S/C16H18N2O4/c19-14-7-11(16(21)22)9-18(14)13-6-2-5-12(8-13)17-15(20)10-3-1-4-10/h2,5-6,8,10-11H,1,3-4,7,9H2,(H,17,20)(H,21,22). The fourth-order valence-electron chi connectivity index (χ4n) is 2.79. The van der Waals surface area contributed by atoms with E-state index in [0.717, 1.165) is 19.3 Å². The number of nitrogens with one attached hydrogen (secondary N) is 1. The number of carbonyl (C=O) groups is 3. The Morgan fingerprint density at radius 1 is 1.23 bits per heavy atom. The van der Waals surface area contributed by atoms with Crippen molar-refractivity contribution < 1.29 is 19.5 Å². The van der Waals surface area contributed by atoms with E-state index in [4.69, 9.17) is 5.11 Å². The van der Waals surface area contributed by atoms with Crippen molar-refractivity contribution >= 4 is 29.2 Å². The third-order valence-corrected chi connectivity index (χ3v) is 4.38. The van der Waals surface area contributed by atoms with Gasteiger partial charge in [0.1, 0.15) is 0 Å². The van der Waals surface area contributed by atoms with Gasteiger partial charge in [0.2, 0.25) is 11.8 Å². The molecule has 3 rings (SSSR count). The van der Waals surface area contributed by atoms with Crippen molar-refractivity contribution in [1.82, 2.24) is 0 Å². The lowest BCUT2D eigenvalue weighted by Gasteiger charge is -2.24. The first-order valence-electron chi connectivity index (χ1n) is 7.48. The molecule has 0 bridgehead atoms. The average molecular weight is 302 g/mol. The predicted octanol–water partition coefficient (Wildman–Crippen LogP) is 1.86. The zero-order chi connectivity index (χ0) is 15.7. The van der Waals surface area contributed by atoms with Crippen molar-refractivity contribution in [3.8, 4) is 0 Å². The number of carboxylic acids is 1. The molecule has 6 nitrogen and oxygen atoms in total. The molecule has 1 atom stereocenters. The van der Waals surface area contributed by atoms with Crippen molar-refractivity contribution in [2.24, 2.45) is 11.8 Å². The van der Waals surface area contributed by atoms with Gasteiger partial charge in [0.25, 0.3) is 0 Å². The van der Waals surface area contributed by atoms with Crippen molar-refractivity contribution in [3.63, 3.8) is 0 Å². The van der Waals surface area contributed by atoms with E-state index in [1.807, 2.05) is 0 Å². The maximum absolute atomic E-state index is 12.0. The number of amides is 2. The molecular formula is C16H18N2O4. The lowest BCUT2D eigenvalue weighted by molar-refractivity contribution is -0.141. The second kappa shape index (κ2) is 5.79. The van der Waals surface area contributed by atoms with Crippen LogP contribution in [0.15, 0.2) is 24.3 Å². The van der Waals surface area contributed by atoms with E-state index in [9.17, 15) is 14.4 Å². The molecule has 1 saturated carbocycles.